The summed E-state index contributed by atoms with van der Waals surface area (Å²) in [5.74, 6) is 4.03. The van der Waals surface area contributed by atoms with Crippen molar-refractivity contribution in [3.05, 3.63) is 75.6 Å². The van der Waals surface area contributed by atoms with E-state index >= 15 is 0 Å². The zero-order valence-corrected chi connectivity index (χ0v) is 39.7. The van der Waals surface area contributed by atoms with Crippen molar-refractivity contribution in [2.24, 2.45) is 5.92 Å². The zero-order chi connectivity index (χ0) is 44.9. The third-order valence-electron chi connectivity index (χ3n) is 12.4. The van der Waals surface area contributed by atoms with Crippen LogP contribution in [0.1, 0.15) is 55.5 Å². The highest BCUT2D eigenvalue weighted by atomic mass is 32.1. The van der Waals surface area contributed by atoms with Crippen LogP contribution in [0.4, 0.5) is 11.4 Å². The standard InChI is InChI=1S/C50H46N2O10S4/c1-4-6-9-27(5-2)26-52-32-11-8-7-10-28(32)12-13-29-24-30(14-15-33(29)52)43-37-38(58-19-18-57-37)46(64-43)47-41-42(62-23-22-61-41)49(66-47)48-40-39(59-20-21-60-40)45(65-48)44-36-35(55-16-17-56-36)34(63-44)25-31(51-3)50(53)54/h7-8,10-11,14-15,24-25,27H,4-6,9,12-13,16-23,26H2,1-2H3,(H,53,54)/b31-25-. The van der Waals surface area contributed by atoms with Crippen LogP contribution in [0, 0.1) is 12.5 Å². The van der Waals surface area contributed by atoms with E-state index in [1.165, 1.54) is 70.5 Å². The van der Waals surface area contributed by atoms with Crippen LogP contribution in [0.15, 0.2) is 48.2 Å². The Morgan fingerprint density at radius 3 is 1.65 bits per heavy atom. The van der Waals surface area contributed by atoms with Gasteiger partial charge in [0.2, 0.25) is 0 Å². The van der Waals surface area contributed by atoms with Crippen molar-refractivity contribution in [2.45, 2.75) is 52.4 Å². The van der Waals surface area contributed by atoms with E-state index in [1.807, 2.05) is 0 Å². The van der Waals surface area contributed by atoms with Crippen molar-refractivity contribution in [3.63, 3.8) is 0 Å². The third kappa shape index (κ3) is 7.50. The van der Waals surface area contributed by atoms with Gasteiger partial charge in [0, 0.05) is 17.9 Å². The molecule has 1 atom stereocenters. The van der Waals surface area contributed by atoms with Crippen molar-refractivity contribution in [3.8, 4) is 85.7 Å². The van der Waals surface area contributed by atoms with Crippen LogP contribution in [0.25, 0.3) is 50.6 Å². The van der Waals surface area contributed by atoms with Gasteiger partial charge in [-0.05, 0) is 66.1 Å². The average Bonchev–Trinajstić information content (AvgIpc) is 4.11. The number of aryl methyl sites for hydroxylation is 2. The lowest BCUT2D eigenvalue weighted by atomic mass is 9.97. The third-order valence-corrected chi connectivity index (χ3v) is 17.5. The van der Waals surface area contributed by atoms with E-state index in [0.29, 0.717) is 109 Å². The second-order valence-corrected chi connectivity index (χ2v) is 20.6. The van der Waals surface area contributed by atoms with E-state index < -0.39 is 11.7 Å². The van der Waals surface area contributed by atoms with Crippen molar-refractivity contribution >= 4 is 68.8 Å². The van der Waals surface area contributed by atoms with E-state index in [-0.39, 0.29) is 0 Å². The lowest BCUT2D eigenvalue weighted by molar-refractivity contribution is -0.132. The van der Waals surface area contributed by atoms with Gasteiger partial charge in [-0.2, -0.15) is 0 Å². The zero-order valence-electron chi connectivity index (χ0n) is 36.5. The van der Waals surface area contributed by atoms with E-state index in [9.17, 15) is 9.90 Å². The monoisotopic (exact) mass is 962 g/mol. The number of para-hydroxylation sites is 1. The van der Waals surface area contributed by atoms with Gasteiger partial charge in [-0.15, -0.1) is 45.3 Å². The molecule has 4 aromatic heterocycles. The summed E-state index contributed by atoms with van der Waals surface area (Å²) in [7, 11) is 0. The molecule has 11 rings (SSSR count). The van der Waals surface area contributed by atoms with Gasteiger partial charge in [-0.25, -0.2) is 4.85 Å². The molecule has 340 valence electrons. The van der Waals surface area contributed by atoms with Gasteiger partial charge < -0.3 is 47.9 Å². The minimum absolute atomic E-state index is 0.292. The van der Waals surface area contributed by atoms with Crippen molar-refractivity contribution in [1.29, 1.82) is 0 Å². The van der Waals surface area contributed by atoms with Gasteiger partial charge in [-0.1, -0.05) is 57.4 Å². The van der Waals surface area contributed by atoms with E-state index in [4.69, 9.17) is 44.5 Å². The largest absolute Gasteiger partial charge is 0.486 e. The molecule has 0 bridgehead atoms. The van der Waals surface area contributed by atoms with Crippen LogP contribution >= 0.6 is 45.3 Å². The number of fused-ring (bicyclic) bond motifs is 6. The van der Waals surface area contributed by atoms with Gasteiger partial charge in [0.05, 0.1) is 45.6 Å². The summed E-state index contributed by atoms with van der Waals surface area (Å²) in [6.07, 6.45) is 8.05. The fourth-order valence-electron chi connectivity index (χ4n) is 9.22. The lowest BCUT2D eigenvalue weighted by Crippen LogP contribution is -2.26. The van der Waals surface area contributed by atoms with Gasteiger partial charge in [0.1, 0.15) is 52.9 Å². The Kier molecular flexibility index (Phi) is 11.7. The van der Waals surface area contributed by atoms with E-state index in [1.54, 1.807) is 22.7 Å². The van der Waals surface area contributed by atoms with E-state index in [0.717, 1.165) is 66.4 Å². The smallest absolute Gasteiger partial charge is 0.333 e. The molecule has 2 aromatic carbocycles. The quantitative estimate of drug-likeness (QED) is 0.0933. The lowest BCUT2D eigenvalue weighted by Gasteiger charge is -2.31. The highest BCUT2D eigenvalue weighted by Crippen LogP contribution is 2.66. The number of benzene rings is 2. The molecule has 0 amide bonds. The maximum Gasteiger partial charge on any atom is 0.333 e. The maximum absolute atomic E-state index is 11.9. The number of anilines is 2. The number of carbonyl (C=O) groups is 1. The molecule has 0 saturated carbocycles. The number of unbranched alkanes of at least 4 members (excludes halogenated alkanes) is 1. The SMILES string of the molecule is [C-]#[N+]/C(=C\c1sc(-c2sc(-c3sc(-c4sc(-c5ccc6c(c5)CCc5ccccc5N6CC(CC)CCCC)c5c4OCCO5)c4c3OCCO4)c3c2OCCO3)c2c1OCCO2)C(=O)O. The van der Waals surface area contributed by atoms with Crippen LogP contribution < -0.4 is 42.8 Å². The predicted molar refractivity (Wildman–Crippen MR) is 260 cm³/mol. The second kappa shape index (κ2) is 18.1. The number of rotatable bonds is 12. The number of carboxylic acids is 1. The summed E-state index contributed by atoms with van der Waals surface area (Å²) in [4.78, 5) is 24.0. The Labute approximate surface area is 398 Å². The molecule has 1 N–H and O–H groups in total. The second-order valence-electron chi connectivity index (χ2n) is 16.4. The normalized spacial score (nSPS) is 16.2. The maximum atomic E-state index is 11.9. The molecular weight excluding hydrogens is 917 g/mol. The number of aliphatic carboxylic acids is 1. The van der Waals surface area contributed by atoms with Crippen LogP contribution in [-0.2, 0) is 17.6 Å². The Morgan fingerprint density at radius 2 is 1.12 bits per heavy atom. The molecule has 9 heterocycles. The van der Waals surface area contributed by atoms with Crippen molar-refractivity contribution in [1.82, 2.24) is 0 Å². The van der Waals surface area contributed by atoms with Gasteiger partial charge in [-0.3, -0.25) is 4.79 Å². The van der Waals surface area contributed by atoms with Crippen LogP contribution in [-0.4, -0.2) is 70.5 Å². The van der Waals surface area contributed by atoms with Crippen molar-refractivity contribution < 1.29 is 47.8 Å². The summed E-state index contributed by atoms with van der Waals surface area (Å²) in [5, 5.41) is 9.68. The van der Waals surface area contributed by atoms with Crippen LogP contribution in [0.5, 0.6) is 46.0 Å². The molecule has 6 aromatic rings. The Morgan fingerprint density at radius 1 is 0.652 bits per heavy atom. The molecule has 0 saturated heterocycles. The highest BCUT2D eigenvalue weighted by Gasteiger charge is 2.39. The molecule has 66 heavy (non-hydrogen) atoms. The first-order valence-corrected chi connectivity index (χ1v) is 25.7. The summed E-state index contributed by atoms with van der Waals surface area (Å²) < 4.78 is 51.0. The molecule has 12 nitrogen and oxygen atoms in total. The molecule has 5 aliphatic heterocycles. The Hall–Kier alpha value is -5.86. The molecular formula is C50H46N2O10S4. The average molecular weight is 963 g/mol. The van der Waals surface area contributed by atoms with Gasteiger partial charge >= 0.3 is 5.97 Å². The summed E-state index contributed by atoms with van der Waals surface area (Å²) in [6, 6.07) is 15.8. The summed E-state index contributed by atoms with van der Waals surface area (Å²) in [6.45, 7) is 16.0. The van der Waals surface area contributed by atoms with Crippen LogP contribution in [0.3, 0.4) is 0 Å². The van der Waals surface area contributed by atoms with Crippen LogP contribution in [0.2, 0.25) is 0 Å². The van der Waals surface area contributed by atoms with Gasteiger partial charge in [0.25, 0.3) is 5.70 Å². The first-order chi connectivity index (χ1) is 32.4. The Balaban J connectivity index is 1.01. The first kappa shape index (κ1) is 42.8. The molecule has 0 fully saturated rings. The summed E-state index contributed by atoms with van der Waals surface area (Å²) in [5.41, 5.74) is 5.96. The number of hydrogen-bond acceptors (Lipinski definition) is 14. The van der Waals surface area contributed by atoms with Gasteiger partial charge in [0.15, 0.2) is 46.0 Å². The topological polar surface area (TPSA) is 119 Å². The molecule has 1 unspecified atom stereocenters. The van der Waals surface area contributed by atoms with Crippen molar-refractivity contribution in [2.75, 3.05) is 64.3 Å². The molecule has 0 spiro atoms. The molecule has 5 aliphatic rings. The number of ether oxygens (including phenoxy) is 8. The Bertz CT molecular complexity index is 2930. The first-order valence-electron chi connectivity index (χ1n) is 22.5. The molecule has 0 aliphatic carbocycles. The molecule has 16 heteroatoms. The highest BCUT2D eigenvalue weighted by molar-refractivity contribution is 7.30. The number of thiophene rings is 4. The van der Waals surface area contributed by atoms with E-state index in [2.05, 4.69) is 66.1 Å². The minimum Gasteiger partial charge on any atom is -0.486 e. The number of nitrogens with zero attached hydrogens (tertiary/aromatic N) is 2. The predicted octanol–water partition coefficient (Wildman–Crippen LogP) is 12.5. The summed E-state index contributed by atoms with van der Waals surface area (Å²) >= 11 is 5.97. The minimum atomic E-state index is -1.32. The fourth-order valence-corrected chi connectivity index (χ4v) is 14.3. The number of hydrogen-bond donors (Lipinski definition) is 1. The molecule has 0 radical (unpaired) electrons. The number of carboxylic acid groups (broad SMARTS) is 1. The fraction of sp³-hybridized carbons (Fsp3) is 0.360.